The smallest absolute Gasteiger partial charge is 0.331 e. The van der Waals surface area contributed by atoms with Crippen LogP contribution in [0.3, 0.4) is 0 Å². The molecule has 1 aliphatic rings. The number of aromatic nitrogens is 3. The Bertz CT molecular complexity index is 1720. The van der Waals surface area contributed by atoms with Crippen LogP contribution in [0.1, 0.15) is 32.3 Å². The number of benzene rings is 2. The number of sulfonamides is 1. The lowest BCUT2D eigenvalue weighted by atomic mass is 10.1. The molecule has 1 saturated heterocycles. The number of fused-ring (bicyclic) bond motifs is 1. The van der Waals surface area contributed by atoms with Gasteiger partial charge in [-0.1, -0.05) is 54.0 Å². The maximum absolute atomic E-state index is 13.4. The first-order valence-corrected chi connectivity index (χ1v) is 15.9. The molecular weight excluding hydrogens is 594 g/mol. The van der Waals surface area contributed by atoms with Crippen LogP contribution in [-0.2, 0) is 29.7 Å². The molecule has 212 valence electrons. The molecule has 4 aromatic rings. The average molecular weight is 629 g/mol. The van der Waals surface area contributed by atoms with Crippen LogP contribution < -0.4 is 11.2 Å². The summed E-state index contributed by atoms with van der Waals surface area (Å²) in [5.74, 6) is 0. The topological polar surface area (TPSA) is 100 Å². The van der Waals surface area contributed by atoms with Crippen molar-refractivity contribution in [3.05, 3.63) is 85.5 Å². The molecule has 5 rings (SSSR count). The van der Waals surface area contributed by atoms with Gasteiger partial charge in [0.25, 0.3) is 5.56 Å². The van der Waals surface area contributed by atoms with Crippen LogP contribution in [-0.4, -0.2) is 57.9 Å². The number of halogens is 1. The van der Waals surface area contributed by atoms with Crippen LogP contribution in [0.25, 0.3) is 22.3 Å². The highest BCUT2D eigenvalue weighted by Gasteiger charge is 2.28. The summed E-state index contributed by atoms with van der Waals surface area (Å²) in [4.78, 5) is 31.8. The molecule has 0 unspecified atom stereocenters. The van der Waals surface area contributed by atoms with Gasteiger partial charge in [-0.2, -0.15) is 4.31 Å². The molecule has 2 aromatic carbocycles. The molecule has 0 atom stereocenters. The first-order chi connectivity index (χ1) is 19.2. The molecule has 2 aromatic heterocycles. The fraction of sp³-hybridized carbons (Fsp3) is 0.379. The summed E-state index contributed by atoms with van der Waals surface area (Å²) >= 11 is 3.46. The van der Waals surface area contributed by atoms with Crippen LogP contribution in [0.2, 0.25) is 0 Å². The molecule has 0 amide bonds. The van der Waals surface area contributed by atoms with Gasteiger partial charge in [0.05, 0.1) is 10.4 Å². The van der Waals surface area contributed by atoms with E-state index in [1.807, 2.05) is 26.0 Å². The molecule has 9 nitrogen and oxygen atoms in total. The van der Waals surface area contributed by atoms with Crippen LogP contribution in [0.5, 0.6) is 0 Å². The lowest BCUT2D eigenvalue weighted by Crippen LogP contribution is -2.48. The highest BCUT2D eigenvalue weighted by atomic mass is 79.9. The first kappa shape index (κ1) is 28.5. The van der Waals surface area contributed by atoms with Crippen molar-refractivity contribution in [2.75, 3.05) is 26.2 Å². The van der Waals surface area contributed by atoms with E-state index in [0.717, 1.165) is 23.0 Å². The van der Waals surface area contributed by atoms with E-state index < -0.39 is 10.0 Å². The minimum absolute atomic E-state index is 0.238. The first-order valence-electron chi connectivity index (χ1n) is 13.7. The van der Waals surface area contributed by atoms with Crippen molar-refractivity contribution < 1.29 is 8.42 Å². The van der Waals surface area contributed by atoms with Gasteiger partial charge in [0.1, 0.15) is 5.52 Å². The third-order valence-corrected chi connectivity index (χ3v) is 9.80. The molecule has 11 heteroatoms. The normalized spacial score (nSPS) is 15.2. The van der Waals surface area contributed by atoms with E-state index in [9.17, 15) is 18.0 Å². The van der Waals surface area contributed by atoms with Crippen molar-refractivity contribution >= 4 is 37.0 Å². The summed E-state index contributed by atoms with van der Waals surface area (Å²) in [7, 11) is -3.63. The van der Waals surface area contributed by atoms with Crippen LogP contribution >= 0.6 is 15.9 Å². The van der Waals surface area contributed by atoms with Gasteiger partial charge < -0.3 is 4.98 Å². The zero-order valence-electron chi connectivity index (χ0n) is 22.8. The predicted molar refractivity (Wildman–Crippen MR) is 161 cm³/mol. The average Bonchev–Trinajstić information content (AvgIpc) is 3.41. The van der Waals surface area contributed by atoms with Gasteiger partial charge in [0.15, 0.2) is 0 Å². The summed E-state index contributed by atoms with van der Waals surface area (Å²) in [6.45, 7) is 7.76. The number of aryl methyl sites for hydroxylation is 1. The Hall–Kier alpha value is -2.99. The van der Waals surface area contributed by atoms with Gasteiger partial charge in [-0.05, 0) is 54.3 Å². The van der Waals surface area contributed by atoms with Crippen LogP contribution in [0.15, 0.2) is 73.6 Å². The highest BCUT2D eigenvalue weighted by Crippen LogP contribution is 2.26. The van der Waals surface area contributed by atoms with Gasteiger partial charge >= 0.3 is 5.69 Å². The van der Waals surface area contributed by atoms with E-state index in [2.05, 4.69) is 37.9 Å². The standard InChI is InChI=1S/C29H34BrN5O4S/c1-3-13-34-26-19-25(31-27(26)28(36)35(14-4-2)29(34)37)22-7-11-24(12-8-22)40(38,39)33-17-15-32(16-18-33)20-21-5-9-23(30)10-6-21/h5-12,19,31H,3-4,13-18,20H2,1-2H3. The second kappa shape index (κ2) is 11.9. The minimum Gasteiger partial charge on any atom is -0.349 e. The SMILES string of the molecule is CCCn1c(=O)c2[nH]c(-c3ccc(S(=O)(=O)N4CCN(Cc5ccc(Br)cc5)CC4)cc3)cc2n(CCC)c1=O. The van der Waals surface area contributed by atoms with Gasteiger partial charge in [-0.15, -0.1) is 0 Å². The van der Waals surface area contributed by atoms with Crippen molar-refractivity contribution in [2.24, 2.45) is 0 Å². The largest absolute Gasteiger partial charge is 0.349 e. The molecule has 3 heterocycles. The number of rotatable bonds is 9. The minimum atomic E-state index is -3.63. The van der Waals surface area contributed by atoms with Crippen molar-refractivity contribution in [3.63, 3.8) is 0 Å². The quantitative estimate of drug-likeness (QED) is 0.299. The van der Waals surface area contributed by atoms with E-state index in [0.29, 0.717) is 62.4 Å². The molecule has 0 bridgehead atoms. The van der Waals surface area contributed by atoms with Crippen molar-refractivity contribution in [2.45, 2.75) is 51.2 Å². The van der Waals surface area contributed by atoms with E-state index in [1.54, 1.807) is 39.2 Å². The van der Waals surface area contributed by atoms with Crippen LogP contribution in [0.4, 0.5) is 0 Å². The fourth-order valence-electron chi connectivity index (χ4n) is 5.24. The summed E-state index contributed by atoms with van der Waals surface area (Å²) in [6, 6.07) is 16.7. The predicted octanol–water partition coefficient (Wildman–Crippen LogP) is 4.25. The summed E-state index contributed by atoms with van der Waals surface area (Å²) in [5.41, 5.74) is 2.92. The van der Waals surface area contributed by atoms with Crippen molar-refractivity contribution in [1.29, 1.82) is 0 Å². The summed E-state index contributed by atoms with van der Waals surface area (Å²) < 4.78 is 32.3. The van der Waals surface area contributed by atoms with Gasteiger partial charge in [-0.25, -0.2) is 13.2 Å². The third kappa shape index (κ3) is 5.60. The molecule has 1 N–H and O–H groups in total. The Morgan fingerprint density at radius 2 is 1.48 bits per heavy atom. The van der Waals surface area contributed by atoms with E-state index in [-0.39, 0.29) is 16.1 Å². The van der Waals surface area contributed by atoms with E-state index >= 15 is 0 Å². The molecule has 0 aliphatic carbocycles. The second-order valence-corrected chi connectivity index (χ2v) is 13.0. The van der Waals surface area contributed by atoms with E-state index in [4.69, 9.17) is 0 Å². The van der Waals surface area contributed by atoms with Crippen molar-refractivity contribution in [1.82, 2.24) is 23.3 Å². The summed E-state index contributed by atoms with van der Waals surface area (Å²) in [6.07, 6.45) is 1.43. The fourth-order valence-corrected chi connectivity index (χ4v) is 6.92. The maximum Gasteiger partial charge on any atom is 0.331 e. The second-order valence-electron chi connectivity index (χ2n) is 10.2. The molecule has 0 radical (unpaired) electrons. The highest BCUT2D eigenvalue weighted by molar-refractivity contribution is 9.10. The number of aromatic amines is 1. The number of hydrogen-bond acceptors (Lipinski definition) is 5. The molecule has 0 spiro atoms. The zero-order chi connectivity index (χ0) is 28.4. The third-order valence-electron chi connectivity index (χ3n) is 7.36. The summed E-state index contributed by atoms with van der Waals surface area (Å²) in [5, 5.41) is 0. The Morgan fingerprint density at radius 3 is 2.10 bits per heavy atom. The molecule has 40 heavy (non-hydrogen) atoms. The van der Waals surface area contributed by atoms with Gasteiger partial charge in [0.2, 0.25) is 10.0 Å². The lowest BCUT2D eigenvalue weighted by molar-refractivity contribution is 0.181. The van der Waals surface area contributed by atoms with E-state index in [1.165, 1.54) is 10.1 Å². The number of nitrogens with one attached hydrogen (secondary N) is 1. The Kier molecular flexibility index (Phi) is 8.46. The molecule has 0 saturated carbocycles. The van der Waals surface area contributed by atoms with Crippen molar-refractivity contribution in [3.8, 4) is 11.3 Å². The molecular formula is C29H34BrN5O4S. The van der Waals surface area contributed by atoms with Crippen LogP contribution in [0, 0.1) is 0 Å². The Labute approximate surface area is 242 Å². The van der Waals surface area contributed by atoms with Gasteiger partial charge in [0, 0.05) is 56.0 Å². The number of piperazine rings is 1. The Balaban J connectivity index is 1.34. The number of hydrogen-bond donors (Lipinski definition) is 1. The number of nitrogens with zero attached hydrogens (tertiary/aromatic N) is 4. The molecule has 1 aliphatic heterocycles. The zero-order valence-corrected chi connectivity index (χ0v) is 25.2. The molecule has 1 fully saturated rings. The lowest BCUT2D eigenvalue weighted by Gasteiger charge is -2.34. The monoisotopic (exact) mass is 627 g/mol. The number of H-pyrrole nitrogens is 1. The maximum atomic E-state index is 13.4. The Morgan fingerprint density at radius 1 is 0.850 bits per heavy atom. The van der Waals surface area contributed by atoms with Gasteiger partial charge in [-0.3, -0.25) is 18.8 Å².